The van der Waals surface area contributed by atoms with Gasteiger partial charge in [0, 0.05) is 12.2 Å². The monoisotopic (exact) mass is 560 g/mol. The number of benzene rings is 4. The van der Waals surface area contributed by atoms with Crippen molar-refractivity contribution in [3.8, 4) is 11.4 Å². The molecular weight excluding hydrogens is 524 g/mol. The summed E-state index contributed by atoms with van der Waals surface area (Å²) in [7, 11) is 1.61. The molecule has 5 rings (SSSR count). The zero-order valence-corrected chi connectivity index (χ0v) is 24.5. The van der Waals surface area contributed by atoms with Crippen molar-refractivity contribution in [1.82, 2.24) is 14.5 Å². The molecule has 42 heavy (non-hydrogen) atoms. The van der Waals surface area contributed by atoms with Crippen LogP contribution in [0.4, 0.5) is 10.5 Å². The normalized spacial score (nSPS) is 11.7. The van der Waals surface area contributed by atoms with E-state index < -0.39 is 6.04 Å². The van der Waals surface area contributed by atoms with Gasteiger partial charge in [0.05, 0.1) is 29.7 Å². The molecule has 0 fully saturated rings. The molecule has 0 saturated carbocycles. The van der Waals surface area contributed by atoms with Gasteiger partial charge in [0.2, 0.25) is 0 Å². The molecule has 1 N–H and O–H groups in total. The van der Waals surface area contributed by atoms with Gasteiger partial charge in [0.15, 0.2) is 0 Å². The van der Waals surface area contributed by atoms with Crippen LogP contribution in [0.2, 0.25) is 0 Å². The largest absolute Gasteiger partial charge is 0.497 e. The smallest absolute Gasteiger partial charge is 0.322 e. The van der Waals surface area contributed by atoms with E-state index in [1.54, 1.807) is 17.7 Å². The molecule has 7 nitrogen and oxygen atoms in total. The lowest BCUT2D eigenvalue weighted by molar-refractivity contribution is 0.182. The van der Waals surface area contributed by atoms with Crippen LogP contribution in [0.5, 0.6) is 5.75 Å². The Morgan fingerprint density at radius 3 is 2.24 bits per heavy atom. The van der Waals surface area contributed by atoms with E-state index in [-0.39, 0.29) is 11.6 Å². The number of fused-ring (bicyclic) bond motifs is 1. The van der Waals surface area contributed by atoms with Gasteiger partial charge in [-0.1, -0.05) is 67.6 Å². The van der Waals surface area contributed by atoms with E-state index in [0.717, 1.165) is 22.4 Å². The third-order valence-corrected chi connectivity index (χ3v) is 7.65. The number of ether oxygens (including phenoxy) is 1. The number of aryl methyl sites for hydroxylation is 2. The Balaban J connectivity index is 1.65. The van der Waals surface area contributed by atoms with Gasteiger partial charge in [-0.25, -0.2) is 9.78 Å². The number of carbonyl (C=O) groups excluding carboxylic acids is 1. The van der Waals surface area contributed by atoms with Gasteiger partial charge in [-0.2, -0.15) is 0 Å². The quantitative estimate of drug-likeness (QED) is 0.206. The van der Waals surface area contributed by atoms with E-state index in [0.29, 0.717) is 47.6 Å². The summed E-state index contributed by atoms with van der Waals surface area (Å²) in [6, 6.07) is 30.0. The van der Waals surface area contributed by atoms with Crippen LogP contribution in [0.1, 0.15) is 41.9 Å². The maximum Gasteiger partial charge on any atom is 0.322 e. The Hall–Kier alpha value is -4.91. The molecule has 1 aromatic heterocycles. The summed E-state index contributed by atoms with van der Waals surface area (Å²) in [6.07, 6.45) is 1.20. The van der Waals surface area contributed by atoms with E-state index in [1.165, 1.54) is 0 Å². The lowest BCUT2D eigenvalue weighted by Crippen LogP contribution is -2.42. The highest BCUT2D eigenvalue weighted by Gasteiger charge is 2.29. The number of anilines is 1. The Bertz CT molecular complexity index is 1730. The van der Waals surface area contributed by atoms with Gasteiger partial charge in [0.25, 0.3) is 5.56 Å². The first-order valence-corrected chi connectivity index (χ1v) is 14.2. The predicted octanol–water partition coefficient (Wildman–Crippen LogP) is 7.24. The van der Waals surface area contributed by atoms with Gasteiger partial charge in [0.1, 0.15) is 11.6 Å². The Kier molecular flexibility index (Phi) is 8.67. The maximum atomic E-state index is 14.2. The summed E-state index contributed by atoms with van der Waals surface area (Å²) >= 11 is 0. The van der Waals surface area contributed by atoms with Crippen LogP contribution < -0.4 is 15.6 Å². The molecule has 0 radical (unpaired) electrons. The second-order valence-corrected chi connectivity index (χ2v) is 10.4. The predicted molar refractivity (Wildman–Crippen MR) is 169 cm³/mol. The summed E-state index contributed by atoms with van der Waals surface area (Å²) in [5, 5.41) is 3.70. The molecule has 0 aliphatic rings. The first kappa shape index (κ1) is 28.6. The first-order chi connectivity index (χ1) is 20.4. The standard InChI is InChI=1S/C35H36N4O3/c1-5-31(33-36-30-17-10-9-16-29(30)34(40)39(33)27-18-20-28(42-4)21-19-27)38(23-22-26-14-7-6-8-15-26)35(41)37-32-24(2)12-11-13-25(32)3/h6-21,31H,5,22-23H2,1-4H3,(H,37,41). The molecule has 1 heterocycles. The van der Waals surface area contributed by atoms with E-state index in [4.69, 9.17) is 9.72 Å². The van der Waals surface area contributed by atoms with Crippen molar-refractivity contribution in [1.29, 1.82) is 0 Å². The van der Waals surface area contributed by atoms with Crippen molar-refractivity contribution in [3.63, 3.8) is 0 Å². The topological polar surface area (TPSA) is 76.5 Å². The van der Waals surface area contributed by atoms with Gasteiger partial charge < -0.3 is 15.0 Å². The molecule has 0 bridgehead atoms. The lowest BCUT2D eigenvalue weighted by atomic mass is 10.1. The second kappa shape index (κ2) is 12.7. The zero-order chi connectivity index (χ0) is 29.6. The van der Waals surface area contributed by atoms with Gasteiger partial charge in [-0.3, -0.25) is 9.36 Å². The molecule has 4 aromatic carbocycles. The van der Waals surface area contributed by atoms with Crippen molar-refractivity contribution in [3.05, 3.63) is 130 Å². The second-order valence-electron chi connectivity index (χ2n) is 10.4. The van der Waals surface area contributed by atoms with Crippen molar-refractivity contribution < 1.29 is 9.53 Å². The number of nitrogens with zero attached hydrogens (tertiary/aromatic N) is 3. The van der Waals surface area contributed by atoms with Crippen LogP contribution in [-0.2, 0) is 6.42 Å². The van der Waals surface area contributed by atoms with Crippen LogP contribution in [0.15, 0.2) is 102 Å². The number of aromatic nitrogens is 2. The molecule has 0 aliphatic carbocycles. The van der Waals surface area contributed by atoms with E-state index in [9.17, 15) is 9.59 Å². The van der Waals surface area contributed by atoms with Crippen LogP contribution in [0.25, 0.3) is 16.6 Å². The molecule has 1 unspecified atom stereocenters. The molecule has 2 amide bonds. The molecule has 214 valence electrons. The number of urea groups is 1. The lowest BCUT2D eigenvalue weighted by Gasteiger charge is -2.33. The number of carbonyl (C=O) groups is 1. The number of para-hydroxylation sites is 2. The summed E-state index contributed by atoms with van der Waals surface area (Å²) in [4.78, 5) is 35.1. The van der Waals surface area contributed by atoms with Crippen LogP contribution >= 0.6 is 0 Å². The molecule has 0 aliphatic heterocycles. The summed E-state index contributed by atoms with van der Waals surface area (Å²) in [5.74, 6) is 1.20. The van der Waals surface area contributed by atoms with Crippen molar-refractivity contribution in [2.45, 2.75) is 39.7 Å². The number of methoxy groups -OCH3 is 1. The minimum Gasteiger partial charge on any atom is -0.497 e. The van der Waals surface area contributed by atoms with Gasteiger partial charge >= 0.3 is 6.03 Å². The summed E-state index contributed by atoms with van der Waals surface area (Å²) in [5.41, 5.74) is 4.95. The van der Waals surface area contributed by atoms with Crippen LogP contribution in [0, 0.1) is 13.8 Å². The molecule has 0 spiro atoms. The van der Waals surface area contributed by atoms with Crippen LogP contribution in [-0.4, -0.2) is 34.1 Å². The molecule has 5 aromatic rings. The summed E-state index contributed by atoms with van der Waals surface area (Å²) < 4.78 is 7.00. The highest BCUT2D eigenvalue weighted by molar-refractivity contribution is 5.91. The highest BCUT2D eigenvalue weighted by Crippen LogP contribution is 2.29. The number of hydrogen-bond donors (Lipinski definition) is 1. The fraction of sp³-hybridized carbons (Fsp3) is 0.229. The average molecular weight is 561 g/mol. The average Bonchev–Trinajstić information content (AvgIpc) is 3.01. The number of nitrogens with one attached hydrogen (secondary N) is 1. The SMILES string of the molecule is CCC(c1nc2ccccc2c(=O)n1-c1ccc(OC)cc1)N(CCc1ccccc1)C(=O)Nc1c(C)cccc1C. The van der Waals surface area contributed by atoms with Crippen molar-refractivity contribution in [2.24, 2.45) is 0 Å². The fourth-order valence-corrected chi connectivity index (χ4v) is 5.38. The minimum atomic E-state index is -0.488. The summed E-state index contributed by atoms with van der Waals surface area (Å²) in [6.45, 7) is 6.43. The zero-order valence-electron chi connectivity index (χ0n) is 24.5. The van der Waals surface area contributed by atoms with Crippen molar-refractivity contribution in [2.75, 3.05) is 19.0 Å². The highest BCUT2D eigenvalue weighted by atomic mass is 16.5. The third-order valence-electron chi connectivity index (χ3n) is 7.65. The first-order valence-electron chi connectivity index (χ1n) is 14.2. The Morgan fingerprint density at radius 2 is 1.57 bits per heavy atom. The van der Waals surface area contributed by atoms with Gasteiger partial charge in [-0.15, -0.1) is 0 Å². The van der Waals surface area contributed by atoms with Crippen molar-refractivity contribution >= 4 is 22.6 Å². The Labute approximate surface area is 246 Å². The number of hydrogen-bond acceptors (Lipinski definition) is 4. The Morgan fingerprint density at radius 1 is 0.905 bits per heavy atom. The maximum absolute atomic E-state index is 14.2. The number of amides is 2. The van der Waals surface area contributed by atoms with Gasteiger partial charge in [-0.05, 0) is 79.8 Å². The van der Waals surface area contributed by atoms with Crippen LogP contribution in [0.3, 0.4) is 0 Å². The molecular formula is C35H36N4O3. The fourth-order valence-electron chi connectivity index (χ4n) is 5.38. The minimum absolute atomic E-state index is 0.183. The third kappa shape index (κ3) is 5.91. The molecule has 0 saturated heterocycles. The molecule has 1 atom stereocenters. The van der Waals surface area contributed by atoms with E-state index >= 15 is 0 Å². The van der Waals surface area contributed by atoms with E-state index in [2.05, 4.69) is 17.4 Å². The molecule has 7 heteroatoms. The van der Waals surface area contributed by atoms with E-state index in [1.807, 2.05) is 105 Å². The number of rotatable bonds is 9.